The summed E-state index contributed by atoms with van der Waals surface area (Å²) in [6, 6.07) is 3.93. The number of benzene rings is 1. The van der Waals surface area contributed by atoms with Crippen LogP contribution in [0.2, 0.25) is 0 Å². The molecule has 0 aromatic heterocycles. The quantitative estimate of drug-likeness (QED) is 0.602. The van der Waals surface area contributed by atoms with E-state index in [4.69, 9.17) is 0 Å². The van der Waals surface area contributed by atoms with E-state index < -0.39 is 0 Å². The van der Waals surface area contributed by atoms with Crippen LogP contribution in [0.4, 0.5) is 4.39 Å². The van der Waals surface area contributed by atoms with Crippen LogP contribution in [0.1, 0.15) is 50.3 Å². The Labute approximate surface area is 91.5 Å². The Kier molecular flexibility index (Phi) is 2.57. The summed E-state index contributed by atoms with van der Waals surface area (Å²) in [5.41, 5.74) is 3.38. The Morgan fingerprint density at radius 1 is 1.07 bits per heavy atom. The van der Waals surface area contributed by atoms with E-state index in [1.165, 1.54) is 12.0 Å². The van der Waals surface area contributed by atoms with E-state index in [-0.39, 0.29) is 11.2 Å². The highest BCUT2D eigenvalue weighted by atomic mass is 19.1. The van der Waals surface area contributed by atoms with Crippen molar-refractivity contribution in [1.82, 2.24) is 0 Å². The maximum absolute atomic E-state index is 13.9. The Bertz CT molecular complexity index is 372. The highest BCUT2D eigenvalue weighted by Gasteiger charge is 2.20. The predicted octanol–water partition coefficient (Wildman–Crippen LogP) is 4.00. The molecule has 0 heterocycles. The molecule has 0 amide bonds. The van der Waals surface area contributed by atoms with Gasteiger partial charge in [-0.25, -0.2) is 4.39 Å². The minimum atomic E-state index is 0.0112. The van der Waals surface area contributed by atoms with Crippen molar-refractivity contribution in [3.8, 4) is 0 Å². The highest BCUT2D eigenvalue weighted by molar-refractivity contribution is 5.37. The van der Waals surface area contributed by atoms with E-state index in [9.17, 15) is 4.39 Å². The Morgan fingerprint density at radius 3 is 2.40 bits per heavy atom. The van der Waals surface area contributed by atoms with Crippen LogP contribution < -0.4 is 0 Å². The minimum absolute atomic E-state index is 0.0112. The fraction of sp³-hybridized carbons (Fsp3) is 0.571. The second-order valence-electron chi connectivity index (χ2n) is 5.55. The Balaban J connectivity index is 2.50. The van der Waals surface area contributed by atoms with E-state index in [1.54, 1.807) is 6.07 Å². The van der Waals surface area contributed by atoms with Gasteiger partial charge in [0.25, 0.3) is 0 Å². The van der Waals surface area contributed by atoms with E-state index in [0.717, 1.165) is 30.4 Å². The van der Waals surface area contributed by atoms with E-state index in [2.05, 4.69) is 26.8 Å². The van der Waals surface area contributed by atoms with Gasteiger partial charge < -0.3 is 0 Å². The molecule has 0 saturated heterocycles. The lowest BCUT2D eigenvalue weighted by atomic mass is 9.82. The van der Waals surface area contributed by atoms with Crippen molar-refractivity contribution in [3.63, 3.8) is 0 Å². The van der Waals surface area contributed by atoms with Gasteiger partial charge in [0, 0.05) is 0 Å². The van der Waals surface area contributed by atoms with Crippen molar-refractivity contribution >= 4 is 0 Å². The summed E-state index contributed by atoms with van der Waals surface area (Å²) in [4.78, 5) is 0. The molecule has 0 saturated carbocycles. The van der Waals surface area contributed by atoms with Crippen molar-refractivity contribution in [1.29, 1.82) is 0 Å². The molecule has 15 heavy (non-hydrogen) atoms. The second kappa shape index (κ2) is 3.62. The molecule has 1 aliphatic carbocycles. The van der Waals surface area contributed by atoms with Crippen LogP contribution in [0, 0.1) is 5.82 Å². The first kappa shape index (κ1) is 10.7. The molecule has 2 rings (SSSR count). The zero-order valence-corrected chi connectivity index (χ0v) is 9.86. The lowest BCUT2D eigenvalue weighted by Crippen LogP contribution is -2.15. The molecule has 0 nitrogen and oxygen atoms in total. The maximum Gasteiger partial charge on any atom is 0.126 e. The van der Waals surface area contributed by atoms with E-state index in [0.29, 0.717) is 0 Å². The third kappa shape index (κ3) is 2.06. The zero-order chi connectivity index (χ0) is 11.1. The number of hydrogen-bond acceptors (Lipinski definition) is 0. The van der Waals surface area contributed by atoms with Crippen LogP contribution in [0.25, 0.3) is 0 Å². The van der Waals surface area contributed by atoms with Crippen molar-refractivity contribution in [2.45, 2.75) is 51.9 Å². The standard InChI is InChI=1S/C14H19F/c1-14(2,3)11-8-10-6-4-5-7-12(10)13(15)9-11/h8-9H,4-7H2,1-3H3. The summed E-state index contributed by atoms with van der Waals surface area (Å²) >= 11 is 0. The lowest BCUT2D eigenvalue weighted by Gasteiger charge is -2.24. The summed E-state index contributed by atoms with van der Waals surface area (Å²) in [6.45, 7) is 6.41. The van der Waals surface area contributed by atoms with Crippen molar-refractivity contribution in [2.24, 2.45) is 0 Å². The van der Waals surface area contributed by atoms with Gasteiger partial charge in [-0.3, -0.25) is 0 Å². The molecule has 0 radical (unpaired) electrons. The van der Waals surface area contributed by atoms with Gasteiger partial charge in [-0.2, -0.15) is 0 Å². The second-order valence-corrected chi connectivity index (χ2v) is 5.55. The van der Waals surface area contributed by atoms with Crippen LogP contribution in [-0.2, 0) is 18.3 Å². The molecule has 82 valence electrons. The van der Waals surface area contributed by atoms with Crippen LogP contribution in [0.3, 0.4) is 0 Å². The molecule has 0 fully saturated rings. The minimum Gasteiger partial charge on any atom is -0.207 e. The SMILES string of the molecule is CC(C)(C)c1cc(F)c2c(c1)CCCC2. The number of fused-ring (bicyclic) bond motifs is 1. The summed E-state index contributed by atoms with van der Waals surface area (Å²) in [5.74, 6) is 0.0112. The highest BCUT2D eigenvalue weighted by Crippen LogP contribution is 2.30. The average molecular weight is 206 g/mol. The summed E-state index contributed by atoms with van der Waals surface area (Å²) in [5, 5.41) is 0. The molecule has 0 aliphatic heterocycles. The fourth-order valence-corrected chi connectivity index (χ4v) is 2.25. The Morgan fingerprint density at radius 2 is 1.73 bits per heavy atom. The Hall–Kier alpha value is -0.850. The number of halogens is 1. The fourth-order valence-electron chi connectivity index (χ4n) is 2.25. The molecular weight excluding hydrogens is 187 g/mol. The van der Waals surface area contributed by atoms with Crippen LogP contribution in [0.5, 0.6) is 0 Å². The van der Waals surface area contributed by atoms with Gasteiger partial charge in [0.15, 0.2) is 0 Å². The van der Waals surface area contributed by atoms with Gasteiger partial charge >= 0.3 is 0 Å². The number of hydrogen-bond donors (Lipinski definition) is 0. The van der Waals surface area contributed by atoms with Gasteiger partial charge in [0.05, 0.1) is 0 Å². The number of aryl methyl sites for hydroxylation is 1. The van der Waals surface area contributed by atoms with Gasteiger partial charge in [0.1, 0.15) is 5.82 Å². The van der Waals surface area contributed by atoms with Gasteiger partial charge in [0.2, 0.25) is 0 Å². The zero-order valence-electron chi connectivity index (χ0n) is 9.86. The summed E-state index contributed by atoms with van der Waals surface area (Å²) < 4.78 is 13.9. The van der Waals surface area contributed by atoms with Gasteiger partial charge in [-0.1, -0.05) is 26.8 Å². The molecule has 0 unspecified atom stereocenters. The number of rotatable bonds is 0. The summed E-state index contributed by atoms with van der Waals surface area (Å²) in [7, 11) is 0. The summed E-state index contributed by atoms with van der Waals surface area (Å²) in [6.07, 6.45) is 4.32. The smallest absolute Gasteiger partial charge is 0.126 e. The predicted molar refractivity (Wildman–Crippen MR) is 61.7 cm³/mol. The molecule has 1 aromatic rings. The first-order valence-corrected chi connectivity index (χ1v) is 5.80. The van der Waals surface area contributed by atoms with Gasteiger partial charge in [-0.05, 0) is 53.9 Å². The van der Waals surface area contributed by atoms with Gasteiger partial charge in [-0.15, -0.1) is 0 Å². The van der Waals surface area contributed by atoms with Crippen LogP contribution in [0.15, 0.2) is 12.1 Å². The van der Waals surface area contributed by atoms with Crippen LogP contribution >= 0.6 is 0 Å². The third-order valence-electron chi connectivity index (χ3n) is 3.28. The van der Waals surface area contributed by atoms with Crippen molar-refractivity contribution in [2.75, 3.05) is 0 Å². The first-order valence-electron chi connectivity index (χ1n) is 5.80. The average Bonchev–Trinajstić information content (AvgIpc) is 2.16. The largest absolute Gasteiger partial charge is 0.207 e. The third-order valence-corrected chi connectivity index (χ3v) is 3.28. The maximum atomic E-state index is 13.9. The molecular formula is C14H19F. The molecule has 0 spiro atoms. The van der Waals surface area contributed by atoms with E-state index >= 15 is 0 Å². The monoisotopic (exact) mass is 206 g/mol. The van der Waals surface area contributed by atoms with E-state index in [1.807, 2.05) is 0 Å². The molecule has 1 heteroatoms. The lowest BCUT2D eigenvalue weighted by molar-refractivity contribution is 0.549. The topological polar surface area (TPSA) is 0 Å². The molecule has 0 atom stereocenters. The molecule has 0 bridgehead atoms. The molecule has 1 aromatic carbocycles. The van der Waals surface area contributed by atoms with Crippen LogP contribution in [-0.4, -0.2) is 0 Å². The molecule has 1 aliphatic rings. The normalized spacial score (nSPS) is 16.3. The van der Waals surface area contributed by atoms with Crippen molar-refractivity contribution < 1.29 is 4.39 Å². The van der Waals surface area contributed by atoms with Crippen molar-refractivity contribution in [3.05, 3.63) is 34.6 Å². The molecule has 0 N–H and O–H groups in total. The first-order chi connectivity index (χ1) is 6.98.